The molecule has 1 N–H and O–H groups in total. The van der Waals surface area contributed by atoms with Gasteiger partial charge in [0, 0.05) is 5.56 Å². The minimum Gasteiger partial charge on any atom is -0.324 e. The van der Waals surface area contributed by atoms with Gasteiger partial charge >= 0.3 is 0 Å². The molecule has 0 radical (unpaired) electrons. The van der Waals surface area contributed by atoms with E-state index in [0.717, 1.165) is 12.0 Å². The average molecular weight is 429 g/mol. The van der Waals surface area contributed by atoms with Crippen molar-refractivity contribution >= 4 is 11.6 Å². The van der Waals surface area contributed by atoms with E-state index < -0.39 is 10.8 Å². The number of para-hydroxylation sites is 1. The molecular weight excluding hydrogens is 403 g/mol. The standard InChI is InChI=1S/C26H25FN4O/c1-25(2)20(18-14-23(31-29-16-18)19-9-5-6-10-21(19)27)12-13-26(25,3)24(32)30-22-11-7-4-8-17(22)15-28/h4-11,14,16,20H,12-13H2,1-3H3,(H,30,32)/t20-,26-/m0/s1. The molecule has 2 atom stereocenters. The third-order valence-corrected chi connectivity index (χ3v) is 7.25. The third-order valence-electron chi connectivity index (χ3n) is 7.25. The fourth-order valence-corrected chi connectivity index (χ4v) is 4.81. The van der Waals surface area contributed by atoms with Crippen LogP contribution in [0, 0.1) is 28.0 Å². The van der Waals surface area contributed by atoms with Crippen molar-refractivity contribution in [2.75, 3.05) is 5.32 Å². The van der Waals surface area contributed by atoms with Crippen molar-refractivity contribution in [1.82, 2.24) is 10.2 Å². The highest BCUT2D eigenvalue weighted by Crippen LogP contribution is 2.60. The Morgan fingerprint density at radius 1 is 1.16 bits per heavy atom. The van der Waals surface area contributed by atoms with Crippen LogP contribution < -0.4 is 5.32 Å². The Balaban J connectivity index is 1.64. The topological polar surface area (TPSA) is 78.7 Å². The summed E-state index contributed by atoms with van der Waals surface area (Å²) in [5.41, 5.74) is 1.72. The quantitative estimate of drug-likeness (QED) is 0.578. The largest absolute Gasteiger partial charge is 0.324 e. The van der Waals surface area contributed by atoms with Crippen LogP contribution in [-0.4, -0.2) is 16.1 Å². The van der Waals surface area contributed by atoms with Crippen molar-refractivity contribution < 1.29 is 9.18 Å². The molecule has 1 aliphatic rings. The number of rotatable bonds is 4. The zero-order valence-corrected chi connectivity index (χ0v) is 18.4. The van der Waals surface area contributed by atoms with E-state index in [4.69, 9.17) is 0 Å². The van der Waals surface area contributed by atoms with Crippen LogP contribution in [0.2, 0.25) is 0 Å². The van der Waals surface area contributed by atoms with E-state index in [9.17, 15) is 14.4 Å². The number of anilines is 1. The molecule has 1 amide bonds. The minimum absolute atomic E-state index is 0.0467. The lowest BCUT2D eigenvalue weighted by atomic mass is 9.64. The van der Waals surface area contributed by atoms with Crippen LogP contribution in [0.4, 0.5) is 10.1 Å². The highest BCUT2D eigenvalue weighted by molar-refractivity contribution is 5.97. The summed E-state index contributed by atoms with van der Waals surface area (Å²) < 4.78 is 14.3. The second-order valence-electron chi connectivity index (χ2n) is 9.11. The molecule has 0 saturated heterocycles. The number of amides is 1. The minimum atomic E-state index is -0.665. The van der Waals surface area contributed by atoms with E-state index in [0.29, 0.717) is 28.9 Å². The number of nitrogens with one attached hydrogen (secondary N) is 1. The zero-order valence-electron chi connectivity index (χ0n) is 18.4. The molecule has 5 nitrogen and oxygen atoms in total. The Morgan fingerprint density at radius 3 is 2.62 bits per heavy atom. The van der Waals surface area contributed by atoms with Gasteiger partial charge in [-0.15, -0.1) is 0 Å². The fourth-order valence-electron chi connectivity index (χ4n) is 4.81. The number of nitrogens with zero attached hydrogens (tertiary/aromatic N) is 3. The smallest absolute Gasteiger partial charge is 0.230 e. The molecule has 2 aromatic carbocycles. The number of carbonyl (C=O) groups excluding carboxylic acids is 1. The van der Waals surface area contributed by atoms with Crippen molar-refractivity contribution in [3.63, 3.8) is 0 Å². The molecule has 4 rings (SSSR count). The lowest BCUT2D eigenvalue weighted by Crippen LogP contribution is -2.43. The van der Waals surface area contributed by atoms with E-state index in [1.165, 1.54) is 6.07 Å². The number of benzene rings is 2. The molecule has 6 heteroatoms. The molecule has 3 aromatic rings. The van der Waals surface area contributed by atoms with Crippen LogP contribution in [0.1, 0.15) is 50.7 Å². The normalized spacial score (nSPS) is 21.7. The van der Waals surface area contributed by atoms with Crippen LogP contribution in [0.5, 0.6) is 0 Å². The van der Waals surface area contributed by atoms with Gasteiger partial charge < -0.3 is 5.32 Å². The first-order chi connectivity index (χ1) is 15.3. The molecule has 32 heavy (non-hydrogen) atoms. The number of nitriles is 1. The molecule has 0 spiro atoms. The van der Waals surface area contributed by atoms with Crippen molar-refractivity contribution in [3.05, 3.63) is 77.7 Å². The van der Waals surface area contributed by atoms with Crippen molar-refractivity contribution in [2.45, 2.75) is 39.5 Å². The fraction of sp³-hybridized carbons (Fsp3) is 0.308. The van der Waals surface area contributed by atoms with Gasteiger partial charge in [-0.2, -0.15) is 15.5 Å². The maximum atomic E-state index is 14.3. The summed E-state index contributed by atoms with van der Waals surface area (Å²) in [5, 5.41) is 20.6. The molecular formula is C26H25FN4O. The first kappa shape index (κ1) is 21.6. The SMILES string of the molecule is CC1(C)[C@H](c2cnnc(-c3ccccc3F)c2)CC[C@@]1(C)C(=O)Nc1ccccc1C#N. The number of hydrogen-bond acceptors (Lipinski definition) is 4. The predicted octanol–water partition coefficient (Wildman–Crippen LogP) is 5.70. The second-order valence-corrected chi connectivity index (χ2v) is 9.11. The van der Waals surface area contributed by atoms with Gasteiger partial charge in [-0.3, -0.25) is 4.79 Å². The maximum absolute atomic E-state index is 14.3. The molecule has 1 heterocycles. The van der Waals surface area contributed by atoms with Crippen molar-refractivity contribution in [2.24, 2.45) is 10.8 Å². The Kier molecular flexibility index (Phi) is 5.52. The van der Waals surface area contributed by atoms with Gasteiger partial charge in [-0.1, -0.05) is 45.0 Å². The molecule has 162 valence electrons. The first-order valence-corrected chi connectivity index (χ1v) is 10.7. The Labute approximate surface area is 187 Å². The van der Waals surface area contributed by atoms with Gasteiger partial charge in [0.1, 0.15) is 11.9 Å². The summed E-state index contributed by atoms with van der Waals surface area (Å²) in [4.78, 5) is 13.4. The monoisotopic (exact) mass is 428 g/mol. The van der Waals surface area contributed by atoms with E-state index in [-0.39, 0.29) is 17.6 Å². The van der Waals surface area contributed by atoms with E-state index in [1.807, 2.05) is 13.0 Å². The molecule has 1 aromatic heterocycles. The summed E-state index contributed by atoms with van der Waals surface area (Å²) >= 11 is 0. The summed E-state index contributed by atoms with van der Waals surface area (Å²) in [6.45, 7) is 6.15. The number of halogens is 1. The summed E-state index contributed by atoms with van der Waals surface area (Å²) in [7, 11) is 0. The van der Waals surface area contributed by atoms with Crippen LogP contribution >= 0.6 is 0 Å². The third kappa shape index (κ3) is 3.54. The van der Waals surface area contributed by atoms with Gasteiger partial charge in [0.2, 0.25) is 5.91 Å². The van der Waals surface area contributed by atoms with Crippen molar-refractivity contribution in [3.8, 4) is 17.3 Å². The molecule has 0 aliphatic heterocycles. The highest BCUT2D eigenvalue weighted by Gasteiger charge is 2.56. The van der Waals surface area contributed by atoms with Gasteiger partial charge in [0.25, 0.3) is 0 Å². The van der Waals surface area contributed by atoms with Crippen molar-refractivity contribution in [1.29, 1.82) is 5.26 Å². The molecule has 1 fully saturated rings. The van der Waals surface area contributed by atoms with Gasteiger partial charge in [0.15, 0.2) is 0 Å². The van der Waals surface area contributed by atoms with Crippen LogP contribution in [0.25, 0.3) is 11.3 Å². The van der Waals surface area contributed by atoms with Gasteiger partial charge in [-0.05, 0) is 60.1 Å². The molecule has 1 aliphatic carbocycles. The average Bonchev–Trinajstić information content (AvgIpc) is 3.04. The molecule has 0 bridgehead atoms. The number of hydrogen-bond donors (Lipinski definition) is 1. The zero-order chi connectivity index (χ0) is 22.9. The van der Waals surface area contributed by atoms with E-state index >= 15 is 0 Å². The van der Waals surface area contributed by atoms with Crippen LogP contribution in [-0.2, 0) is 4.79 Å². The maximum Gasteiger partial charge on any atom is 0.230 e. The van der Waals surface area contributed by atoms with E-state index in [1.54, 1.807) is 48.7 Å². The molecule has 1 saturated carbocycles. The number of carbonyl (C=O) groups is 1. The lowest BCUT2D eigenvalue weighted by Gasteiger charge is -2.40. The highest BCUT2D eigenvalue weighted by atomic mass is 19.1. The van der Waals surface area contributed by atoms with Crippen LogP contribution in [0.15, 0.2) is 60.8 Å². The lowest BCUT2D eigenvalue weighted by molar-refractivity contribution is -0.129. The second kappa shape index (κ2) is 8.16. The number of aromatic nitrogens is 2. The summed E-state index contributed by atoms with van der Waals surface area (Å²) in [6, 6.07) is 17.5. The predicted molar refractivity (Wildman–Crippen MR) is 121 cm³/mol. The summed E-state index contributed by atoms with van der Waals surface area (Å²) in [6.07, 6.45) is 3.19. The Morgan fingerprint density at radius 2 is 1.88 bits per heavy atom. The van der Waals surface area contributed by atoms with Gasteiger partial charge in [0.05, 0.1) is 28.6 Å². The first-order valence-electron chi connectivity index (χ1n) is 10.7. The van der Waals surface area contributed by atoms with Gasteiger partial charge in [-0.25, -0.2) is 4.39 Å². The molecule has 0 unspecified atom stereocenters. The Bertz CT molecular complexity index is 1220. The van der Waals surface area contributed by atoms with Crippen LogP contribution in [0.3, 0.4) is 0 Å². The Hall–Kier alpha value is -3.59. The van der Waals surface area contributed by atoms with E-state index in [2.05, 4.69) is 35.4 Å². The summed E-state index contributed by atoms with van der Waals surface area (Å²) in [5.74, 6) is -0.403.